The summed E-state index contributed by atoms with van der Waals surface area (Å²) in [4.78, 5) is 17.2. The molecule has 0 amide bonds. The van der Waals surface area contributed by atoms with Crippen molar-refractivity contribution in [3.05, 3.63) is 93.0 Å². The lowest BCUT2D eigenvalue weighted by atomic mass is 10.1. The van der Waals surface area contributed by atoms with Gasteiger partial charge in [-0.05, 0) is 43.7 Å². The molecule has 0 unspecified atom stereocenters. The predicted molar refractivity (Wildman–Crippen MR) is 111 cm³/mol. The molecule has 0 saturated heterocycles. The van der Waals surface area contributed by atoms with Gasteiger partial charge in [-0.2, -0.15) is 4.98 Å². The topological polar surface area (TPSA) is 34.9 Å². The number of thioether (sulfide) groups is 1. The zero-order chi connectivity index (χ0) is 18.6. The normalized spacial score (nSPS) is 12.9. The fourth-order valence-corrected chi connectivity index (χ4v) is 4.69. The van der Waals surface area contributed by atoms with E-state index in [0.717, 1.165) is 36.5 Å². The zero-order valence-electron chi connectivity index (χ0n) is 15.6. The van der Waals surface area contributed by atoms with E-state index in [1.165, 1.54) is 27.9 Å². The molecule has 138 valence electrons. The van der Waals surface area contributed by atoms with E-state index in [2.05, 4.69) is 48.3 Å². The van der Waals surface area contributed by atoms with E-state index in [4.69, 9.17) is 0 Å². The Bertz CT molecular complexity index is 978. The van der Waals surface area contributed by atoms with Gasteiger partial charge in [-0.1, -0.05) is 60.2 Å². The third kappa shape index (κ3) is 4.16. The maximum absolute atomic E-state index is 12.7. The minimum Gasteiger partial charge on any atom is -0.296 e. The molecule has 0 atom stereocenters. The van der Waals surface area contributed by atoms with Crippen molar-refractivity contribution in [1.82, 2.24) is 9.55 Å². The fourth-order valence-electron chi connectivity index (χ4n) is 3.66. The number of rotatable bonds is 6. The predicted octanol–water partition coefficient (Wildman–Crippen LogP) is 4.58. The molecule has 1 aromatic heterocycles. The summed E-state index contributed by atoms with van der Waals surface area (Å²) >= 11 is 1.70. The van der Waals surface area contributed by atoms with Crippen LogP contribution in [0.3, 0.4) is 0 Å². The van der Waals surface area contributed by atoms with Crippen LogP contribution >= 0.6 is 11.8 Å². The summed E-state index contributed by atoms with van der Waals surface area (Å²) in [6.07, 6.45) is 4.00. The lowest BCUT2D eigenvalue weighted by Gasteiger charge is -2.14. The fraction of sp³-hybridized carbons (Fsp3) is 0.304. The van der Waals surface area contributed by atoms with E-state index in [9.17, 15) is 4.79 Å². The van der Waals surface area contributed by atoms with Gasteiger partial charge in [0.1, 0.15) is 5.03 Å². The summed E-state index contributed by atoms with van der Waals surface area (Å²) in [5.74, 6) is 0.854. The number of hydrogen-bond acceptors (Lipinski definition) is 3. The van der Waals surface area contributed by atoms with Crippen molar-refractivity contribution < 1.29 is 0 Å². The molecule has 0 saturated carbocycles. The second-order valence-electron chi connectivity index (χ2n) is 7.14. The maximum Gasteiger partial charge on any atom is 0.348 e. The molecule has 4 rings (SSSR count). The summed E-state index contributed by atoms with van der Waals surface area (Å²) < 4.78 is 1.91. The smallest absolute Gasteiger partial charge is 0.296 e. The highest BCUT2D eigenvalue weighted by Crippen LogP contribution is 2.31. The van der Waals surface area contributed by atoms with Gasteiger partial charge >= 0.3 is 5.69 Å². The number of aromatic nitrogens is 2. The van der Waals surface area contributed by atoms with Crippen LogP contribution in [-0.4, -0.2) is 9.55 Å². The Hall–Kier alpha value is -2.33. The van der Waals surface area contributed by atoms with Gasteiger partial charge in [0.15, 0.2) is 0 Å². The molecular formula is C23H24N2OS. The highest BCUT2D eigenvalue weighted by molar-refractivity contribution is 7.98. The average molecular weight is 377 g/mol. The summed E-state index contributed by atoms with van der Waals surface area (Å²) in [6, 6.07) is 18.9. The summed E-state index contributed by atoms with van der Waals surface area (Å²) in [5.41, 5.74) is 6.19. The molecule has 3 nitrogen and oxygen atoms in total. The summed E-state index contributed by atoms with van der Waals surface area (Å²) in [7, 11) is 0. The lowest BCUT2D eigenvalue weighted by molar-refractivity contribution is 0.607. The molecule has 4 heteroatoms. The first-order valence-electron chi connectivity index (χ1n) is 9.55. The van der Waals surface area contributed by atoms with Gasteiger partial charge in [-0.3, -0.25) is 4.57 Å². The van der Waals surface area contributed by atoms with Crippen molar-refractivity contribution in [2.24, 2.45) is 0 Å². The van der Waals surface area contributed by atoms with Crippen LogP contribution in [0.4, 0.5) is 0 Å². The number of nitrogens with zero attached hydrogens (tertiary/aromatic N) is 2. The van der Waals surface area contributed by atoms with Gasteiger partial charge < -0.3 is 0 Å². The van der Waals surface area contributed by atoms with Crippen LogP contribution < -0.4 is 5.69 Å². The molecule has 27 heavy (non-hydrogen) atoms. The monoisotopic (exact) mass is 376 g/mol. The van der Waals surface area contributed by atoms with Gasteiger partial charge in [-0.25, -0.2) is 4.79 Å². The minimum atomic E-state index is -0.0991. The first-order chi connectivity index (χ1) is 13.2. The van der Waals surface area contributed by atoms with Crippen molar-refractivity contribution in [2.75, 3.05) is 0 Å². The molecular weight excluding hydrogens is 352 g/mol. The molecule has 0 radical (unpaired) electrons. The maximum atomic E-state index is 12.7. The molecule has 0 fully saturated rings. The molecule has 0 N–H and O–H groups in total. The Kier molecular flexibility index (Phi) is 5.44. The molecule has 1 aliphatic rings. The highest BCUT2D eigenvalue weighted by atomic mass is 32.2. The van der Waals surface area contributed by atoms with Crippen LogP contribution in [-0.2, 0) is 31.6 Å². The van der Waals surface area contributed by atoms with E-state index in [0.29, 0.717) is 6.54 Å². The molecule has 0 spiro atoms. The van der Waals surface area contributed by atoms with Crippen LogP contribution in [0, 0.1) is 6.92 Å². The second kappa shape index (κ2) is 8.13. The second-order valence-corrected chi connectivity index (χ2v) is 8.10. The number of fused-ring (bicyclic) bond motifs is 1. The minimum absolute atomic E-state index is 0.0991. The van der Waals surface area contributed by atoms with Gasteiger partial charge in [0.2, 0.25) is 0 Å². The van der Waals surface area contributed by atoms with E-state index in [1.54, 1.807) is 11.8 Å². The quantitative estimate of drug-likeness (QED) is 0.467. The van der Waals surface area contributed by atoms with E-state index in [-0.39, 0.29) is 5.69 Å². The molecule has 2 aromatic carbocycles. The van der Waals surface area contributed by atoms with E-state index < -0.39 is 0 Å². The van der Waals surface area contributed by atoms with Gasteiger partial charge in [0.05, 0.1) is 0 Å². The van der Waals surface area contributed by atoms with Crippen molar-refractivity contribution >= 4 is 11.8 Å². The molecule has 1 heterocycles. The van der Waals surface area contributed by atoms with Crippen molar-refractivity contribution in [2.45, 2.75) is 49.9 Å². The molecule has 3 aromatic rings. The van der Waals surface area contributed by atoms with Crippen LogP contribution in [0.15, 0.2) is 64.4 Å². The van der Waals surface area contributed by atoms with Crippen LogP contribution in [0.25, 0.3) is 0 Å². The summed E-state index contributed by atoms with van der Waals surface area (Å²) in [5, 5.41) is 0.934. The SMILES string of the molecule is Cc1ccc(CSc2nc(=O)n(CCc3ccccc3)c3c2CCC3)cc1. The van der Waals surface area contributed by atoms with Crippen LogP contribution in [0.2, 0.25) is 0 Å². The molecule has 1 aliphatic carbocycles. The van der Waals surface area contributed by atoms with Crippen molar-refractivity contribution in [3.8, 4) is 0 Å². The first-order valence-corrected chi connectivity index (χ1v) is 10.5. The Labute approximate surface area is 164 Å². The van der Waals surface area contributed by atoms with Crippen LogP contribution in [0.5, 0.6) is 0 Å². The number of aryl methyl sites for hydroxylation is 2. The lowest BCUT2D eigenvalue weighted by Crippen LogP contribution is -2.28. The Morgan fingerprint density at radius 2 is 1.78 bits per heavy atom. The number of hydrogen-bond donors (Lipinski definition) is 0. The Morgan fingerprint density at radius 3 is 2.56 bits per heavy atom. The van der Waals surface area contributed by atoms with Gasteiger partial charge in [-0.15, -0.1) is 11.8 Å². The Morgan fingerprint density at radius 1 is 1.00 bits per heavy atom. The largest absolute Gasteiger partial charge is 0.348 e. The third-order valence-electron chi connectivity index (χ3n) is 5.16. The van der Waals surface area contributed by atoms with E-state index >= 15 is 0 Å². The summed E-state index contributed by atoms with van der Waals surface area (Å²) in [6.45, 7) is 2.81. The Balaban J connectivity index is 1.54. The van der Waals surface area contributed by atoms with E-state index in [1.807, 2.05) is 22.8 Å². The third-order valence-corrected chi connectivity index (χ3v) is 6.25. The highest BCUT2D eigenvalue weighted by Gasteiger charge is 2.21. The average Bonchev–Trinajstić information content (AvgIpc) is 3.17. The van der Waals surface area contributed by atoms with Gasteiger partial charge in [0, 0.05) is 23.6 Å². The standard InChI is InChI=1S/C23H24N2OS/c1-17-10-12-19(13-11-17)16-27-22-20-8-5-9-21(20)25(23(26)24-22)15-14-18-6-3-2-4-7-18/h2-4,6-7,10-13H,5,8-9,14-16H2,1H3. The van der Waals surface area contributed by atoms with Gasteiger partial charge in [0.25, 0.3) is 0 Å². The zero-order valence-corrected chi connectivity index (χ0v) is 16.5. The van der Waals surface area contributed by atoms with Crippen molar-refractivity contribution in [1.29, 1.82) is 0 Å². The first kappa shape index (κ1) is 18.1. The number of benzene rings is 2. The van der Waals surface area contributed by atoms with Crippen molar-refractivity contribution in [3.63, 3.8) is 0 Å². The van der Waals surface area contributed by atoms with Crippen LogP contribution in [0.1, 0.15) is 34.4 Å². The molecule has 0 bridgehead atoms. The molecule has 0 aliphatic heterocycles.